The molecular weight excluding hydrogens is 555 g/mol. The zero-order valence-electron chi connectivity index (χ0n) is 23.2. The molecule has 39 heavy (non-hydrogen) atoms. The third-order valence-electron chi connectivity index (χ3n) is 5.92. The van der Waals surface area contributed by atoms with Gasteiger partial charge in [-0.2, -0.15) is 0 Å². The van der Waals surface area contributed by atoms with E-state index in [1.165, 1.54) is 19.3 Å². The number of aliphatic hydroxyl groups is 1. The fourth-order valence-corrected chi connectivity index (χ4v) is 4.10. The van der Waals surface area contributed by atoms with E-state index in [1.54, 1.807) is 0 Å². The molecule has 0 amide bonds. The van der Waals surface area contributed by atoms with Crippen LogP contribution in [-0.4, -0.2) is 67.7 Å². The zero-order valence-corrected chi connectivity index (χ0v) is 27.1. The average molecular weight is 597 g/mol. The fourth-order valence-electron chi connectivity index (χ4n) is 3.45. The third kappa shape index (κ3) is 17.5. The van der Waals surface area contributed by atoms with Crippen molar-refractivity contribution in [3.8, 4) is 0 Å². The minimum Gasteiger partial charge on any atom is -0.747 e. The normalized spacial score (nSPS) is 20.7. The molecule has 10 nitrogen and oxygen atoms in total. The van der Waals surface area contributed by atoms with Crippen LogP contribution in [0.25, 0.3) is 0 Å². The first-order valence-electron chi connectivity index (χ1n) is 13.1. The minimum absolute atomic E-state index is 0. The molecule has 1 rings (SSSR count). The topological polar surface area (TPSA) is 156 Å². The monoisotopic (exact) mass is 596 g/mol. The average Bonchev–Trinajstić information content (AvgIpc) is 2.94. The molecule has 2 atom stereocenters. The Morgan fingerprint density at radius 3 is 2.13 bits per heavy atom. The molecule has 1 aliphatic rings. The van der Waals surface area contributed by atoms with Gasteiger partial charge < -0.3 is 23.9 Å². The van der Waals surface area contributed by atoms with E-state index in [0.717, 1.165) is 32.1 Å². The number of ether oxygens (including phenoxy) is 3. The molecule has 0 aromatic rings. The maximum Gasteiger partial charge on any atom is 1.00 e. The molecular formula is C27H41KO10S. The number of esters is 3. The molecule has 2 unspecified atom stereocenters. The van der Waals surface area contributed by atoms with Crippen molar-refractivity contribution in [2.45, 2.75) is 82.8 Å². The minimum atomic E-state index is -5.15. The number of aliphatic hydroxyl groups excluding tert-OH is 1. The summed E-state index contributed by atoms with van der Waals surface area (Å²) in [6, 6.07) is 0. The molecule has 1 fully saturated rings. The van der Waals surface area contributed by atoms with Crippen LogP contribution in [0, 0.1) is 5.41 Å². The van der Waals surface area contributed by atoms with Crippen molar-refractivity contribution in [3.63, 3.8) is 0 Å². The SMILES string of the molecule is CCCCC/C=C\C/C=C\C/C=C\CCCCC(=O)OCC1(CO)COC(=O)CC(S(=O)(=O)[O-])C(=O)OC1.[K+]. The summed E-state index contributed by atoms with van der Waals surface area (Å²) in [5, 5.41) is 7.57. The number of carbonyl (C=O) groups excluding carboxylic acids is 3. The predicted molar refractivity (Wildman–Crippen MR) is 140 cm³/mol. The Hall–Kier alpha value is -0.864. The molecule has 0 radical (unpaired) electrons. The quantitative estimate of drug-likeness (QED) is 0.0627. The number of hydrogen-bond acceptors (Lipinski definition) is 10. The summed E-state index contributed by atoms with van der Waals surface area (Å²) in [4.78, 5) is 36.0. The first-order chi connectivity index (χ1) is 18.1. The van der Waals surface area contributed by atoms with Gasteiger partial charge in [0.15, 0.2) is 5.25 Å². The van der Waals surface area contributed by atoms with Gasteiger partial charge >= 0.3 is 69.3 Å². The molecule has 0 spiro atoms. The van der Waals surface area contributed by atoms with Crippen LogP contribution in [-0.2, 0) is 38.7 Å². The molecule has 1 heterocycles. The van der Waals surface area contributed by atoms with E-state index < -0.39 is 71.5 Å². The van der Waals surface area contributed by atoms with Crippen LogP contribution in [0.4, 0.5) is 0 Å². The number of hydrogen-bond donors (Lipinski definition) is 1. The van der Waals surface area contributed by atoms with E-state index in [4.69, 9.17) is 14.2 Å². The van der Waals surface area contributed by atoms with Crippen LogP contribution in [0.2, 0.25) is 0 Å². The van der Waals surface area contributed by atoms with Crippen molar-refractivity contribution in [2.24, 2.45) is 5.41 Å². The largest absolute Gasteiger partial charge is 1.00 e. The van der Waals surface area contributed by atoms with Gasteiger partial charge in [0.05, 0.1) is 18.4 Å². The van der Waals surface area contributed by atoms with Gasteiger partial charge in [-0.3, -0.25) is 14.4 Å². The summed E-state index contributed by atoms with van der Waals surface area (Å²) >= 11 is 0. The summed E-state index contributed by atoms with van der Waals surface area (Å²) in [6.45, 7) is 0.0239. The van der Waals surface area contributed by atoms with E-state index >= 15 is 0 Å². The van der Waals surface area contributed by atoms with Crippen LogP contribution in [0.3, 0.4) is 0 Å². The summed E-state index contributed by atoms with van der Waals surface area (Å²) < 4.78 is 48.8. The van der Waals surface area contributed by atoms with Gasteiger partial charge in [-0.1, -0.05) is 56.2 Å². The molecule has 1 N–H and O–H groups in total. The molecule has 0 bridgehead atoms. The van der Waals surface area contributed by atoms with Crippen LogP contribution >= 0.6 is 0 Å². The van der Waals surface area contributed by atoms with E-state index in [-0.39, 0.29) is 57.8 Å². The Kier molecular flexibility index (Phi) is 21.3. The van der Waals surface area contributed by atoms with Gasteiger partial charge in [-0.15, -0.1) is 0 Å². The van der Waals surface area contributed by atoms with E-state index in [1.807, 2.05) is 0 Å². The summed E-state index contributed by atoms with van der Waals surface area (Å²) in [6.07, 6.45) is 20.8. The first kappa shape index (κ1) is 38.1. The van der Waals surface area contributed by atoms with Gasteiger partial charge in [0.2, 0.25) is 0 Å². The summed E-state index contributed by atoms with van der Waals surface area (Å²) in [7, 11) is -5.15. The van der Waals surface area contributed by atoms with Crippen molar-refractivity contribution in [1.82, 2.24) is 0 Å². The molecule has 1 aliphatic heterocycles. The molecule has 0 saturated carbocycles. The van der Waals surface area contributed by atoms with Gasteiger partial charge in [-0.25, -0.2) is 8.42 Å². The third-order valence-corrected chi connectivity index (χ3v) is 6.97. The van der Waals surface area contributed by atoms with Crippen molar-refractivity contribution in [2.75, 3.05) is 26.4 Å². The fraction of sp³-hybridized carbons (Fsp3) is 0.667. The second kappa shape index (κ2) is 21.8. The van der Waals surface area contributed by atoms with Crippen molar-refractivity contribution in [1.29, 1.82) is 0 Å². The predicted octanol–water partition coefficient (Wildman–Crippen LogP) is 0.506. The maximum absolute atomic E-state index is 12.1. The van der Waals surface area contributed by atoms with Crippen molar-refractivity contribution < 1.29 is 98.1 Å². The second-order valence-electron chi connectivity index (χ2n) is 9.40. The molecule has 12 heteroatoms. The Morgan fingerprint density at radius 1 is 1.00 bits per heavy atom. The number of carbonyl (C=O) groups is 3. The molecule has 0 aromatic carbocycles. The van der Waals surface area contributed by atoms with Gasteiger partial charge in [0.25, 0.3) is 0 Å². The van der Waals surface area contributed by atoms with Gasteiger partial charge in [0.1, 0.15) is 29.9 Å². The molecule has 0 aliphatic carbocycles. The Balaban J connectivity index is 0.0000144. The molecule has 0 aromatic heterocycles. The number of unbranched alkanes of at least 4 members (excludes halogenated alkanes) is 5. The molecule has 216 valence electrons. The Labute approximate surface area is 274 Å². The van der Waals surface area contributed by atoms with Gasteiger partial charge in [0, 0.05) is 6.42 Å². The standard InChI is InChI=1S/C27H42O10S.K/c1-2-3-4-5-6-7-8-9-10-11-12-13-14-15-16-17-24(29)35-20-27(19-28)21-36-25(30)18-23(38(32,33)34)26(31)37-22-27;/h6-7,9-10,12-13,23,28H,2-5,8,11,14-22H2,1H3,(H,32,33,34);/q;+1/p-1/b7-6-,10-9-,13-12-;. The number of cyclic esters (lactones) is 2. The zero-order chi connectivity index (χ0) is 28.3. The van der Waals surface area contributed by atoms with Crippen molar-refractivity contribution in [3.05, 3.63) is 36.5 Å². The van der Waals surface area contributed by atoms with E-state index in [9.17, 15) is 32.5 Å². The van der Waals surface area contributed by atoms with E-state index in [0.29, 0.717) is 6.42 Å². The van der Waals surface area contributed by atoms with E-state index in [2.05, 4.69) is 43.4 Å². The Bertz CT molecular complexity index is 929. The summed E-state index contributed by atoms with van der Waals surface area (Å²) in [5.41, 5.74) is -1.47. The maximum atomic E-state index is 12.1. The van der Waals surface area contributed by atoms with Crippen LogP contribution in [0.1, 0.15) is 77.6 Å². The second-order valence-corrected chi connectivity index (χ2v) is 11.0. The summed E-state index contributed by atoms with van der Waals surface area (Å²) in [5.74, 6) is -3.07. The smallest absolute Gasteiger partial charge is 0.747 e. The van der Waals surface area contributed by atoms with Gasteiger partial charge in [-0.05, 0) is 44.9 Å². The Morgan fingerprint density at radius 2 is 1.56 bits per heavy atom. The molecule has 1 saturated heterocycles. The van der Waals surface area contributed by atoms with Crippen LogP contribution in [0.5, 0.6) is 0 Å². The van der Waals surface area contributed by atoms with Crippen molar-refractivity contribution >= 4 is 28.0 Å². The van der Waals surface area contributed by atoms with Crippen LogP contribution < -0.4 is 51.4 Å². The first-order valence-corrected chi connectivity index (χ1v) is 14.6. The number of allylic oxidation sites excluding steroid dienone is 6. The number of rotatable bonds is 17. The van der Waals surface area contributed by atoms with Crippen LogP contribution in [0.15, 0.2) is 36.5 Å².